The number of ether oxygens (including phenoxy) is 2. The van der Waals surface area contributed by atoms with E-state index in [9.17, 15) is 72.5 Å². The summed E-state index contributed by atoms with van der Waals surface area (Å²) in [6.45, 7) is -3.98. The van der Waals surface area contributed by atoms with Gasteiger partial charge in [0.1, 0.15) is 17.2 Å². The lowest BCUT2D eigenvalue weighted by Crippen LogP contribution is -2.50. The van der Waals surface area contributed by atoms with Gasteiger partial charge in [-0.25, -0.2) is 4.39 Å². The Labute approximate surface area is 241 Å². The Morgan fingerprint density at radius 2 is 1.33 bits per heavy atom. The molecular weight excluding hydrogens is 652 g/mol. The molecule has 20 heteroatoms. The van der Waals surface area contributed by atoms with Crippen LogP contribution in [0.2, 0.25) is 0 Å². The number of phenols is 2. The summed E-state index contributed by atoms with van der Waals surface area (Å²) in [6, 6.07) is 5.24. The van der Waals surface area contributed by atoms with E-state index in [4.69, 9.17) is 0 Å². The predicted molar refractivity (Wildman–Crippen MR) is 127 cm³/mol. The van der Waals surface area contributed by atoms with Gasteiger partial charge in [-0.2, -0.15) is 35.1 Å². The molecule has 0 atom stereocenters. The summed E-state index contributed by atoms with van der Waals surface area (Å²) >= 11 is 0. The van der Waals surface area contributed by atoms with Crippen molar-refractivity contribution in [3.63, 3.8) is 0 Å². The zero-order chi connectivity index (χ0) is 34.1. The topological polar surface area (TPSA) is 117 Å². The quantitative estimate of drug-likeness (QED) is 0.147. The Morgan fingerprint density at radius 3 is 1.84 bits per heavy atom. The second-order valence-corrected chi connectivity index (χ2v) is 8.58. The van der Waals surface area contributed by atoms with Crippen LogP contribution in [0.1, 0.15) is 26.3 Å². The maximum absolute atomic E-state index is 14.5. The van der Waals surface area contributed by atoms with Crippen molar-refractivity contribution in [2.75, 3.05) is 10.6 Å². The second-order valence-electron chi connectivity index (χ2n) is 8.58. The first-order valence-corrected chi connectivity index (χ1v) is 11.5. The molecule has 4 N–H and O–H groups in total. The van der Waals surface area contributed by atoms with Crippen molar-refractivity contribution in [3.8, 4) is 23.0 Å². The normalized spacial score (nSPS) is 12.6. The van der Waals surface area contributed by atoms with Gasteiger partial charge in [0.15, 0.2) is 11.5 Å². The lowest BCUT2D eigenvalue weighted by molar-refractivity contribution is -0.348. The Morgan fingerprint density at radius 1 is 0.756 bits per heavy atom. The number of anilines is 2. The predicted octanol–water partition coefficient (Wildman–Crippen LogP) is 7.39. The summed E-state index contributed by atoms with van der Waals surface area (Å²) in [5, 5.41) is 24.3. The summed E-state index contributed by atoms with van der Waals surface area (Å²) in [4.78, 5) is 25.3. The zero-order valence-electron chi connectivity index (χ0n) is 21.3. The Bertz CT molecular complexity index is 1560. The molecule has 0 unspecified atom stereocenters. The molecule has 0 aromatic heterocycles. The van der Waals surface area contributed by atoms with E-state index >= 15 is 0 Å². The molecule has 0 heterocycles. The maximum Gasteiger partial charge on any atom is 0.573 e. The van der Waals surface area contributed by atoms with Gasteiger partial charge < -0.3 is 30.3 Å². The van der Waals surface area contributed by atoms with Crippen LogP contribution in [0.15, 0.2) is 54.6 Å². The number of halogens is 12. The first kappa shape index (κ1) is 34.5. The molecule has 0 aliphatic rings. The fraction of sp³-hybridized carbons (Fsp3) is 0.200. The minimum absolute atomic E-state index is 0.278. The Kier molecular flexibility index (Phi) is 9.31. The van der Waals surface area contributed by atoms with Crippen LogP contribution in [0, 0.1) is 0 Å². The van der Waals surface area contributed by atoms with Crippen molar-refractivity contribution in [1.82, 2.24) is 0 Å². The number of rotatable bonds is 8. The molecule has 244 valence electrons. The Balaban J connectivity index is 1.94. The average Bonchev–Trinajstić information content (AvgIpc) is 2.88. The maximum atomic E-state index is 14.5. The molecule has 0 aliphatic heterocycles. The number of phenolic OH excluding ortho intramolecular Hbond substituents is 2. The lowest BCUT2D eigenvalue weighted by atomic mass is 9.93. The van der Waals surface area contributed by atoms with Crippen LogP contribution in [0.3, 0.4) is 0 Å². The van der Waals surface area contributed by atoms with E-state index in [0.29, 0.717) is 0 Å². The van der Waals surface area contributed by atoms with Crippen molar-refractivity contribution in [2.24, 2.45) is 0 Å². The van der Waals surface area contributed by atoms with Gasteiger partial charge in [-0.15, -0.1) is 13.2 Å². The number of hydrogen-bond donors (Lipinski definition) is 4. The number of carbonyl (C=O) groups is 2. The highest BCUT2D eigenvalue weighted by molar-refractivity contribution is 6.10. The molecular formula is C25H14F12N2O6. The van der Waals surface area contributed by atoms with E-state index in [0.717, 1.165) is 42.5 Å². The first-order chi connectivity index (χ1) is 20.5. The zero-order valence-corrected chi connectivity index (χ0v) is 21.3. The van der Waals surface area contributed by atoms with Crippen LogP contribution >= 0.6 is 0 Å². The minimum Gasteiger partial charge on any atom is -0.506 e. The van der Waals surface area contributed by atoms with Crippen molar-refractivity contribution < 1.29 is 82.0 Å². The molecule has 3 aromatic carbocycles. The number of nitrogens with one attached hydrogen (secondary N) is 2. The molecule has 0 fully saturated rings. The second kappa shape index (κ2) is 12.2. The van der Waals surface area contributed by atoms with E-state index < -0.39 is 100 Å². The number of carbonyl (C=O) groups excluding carboxylic acids is 2. The van der Waals surface area contributed by atoms with Gasteiger partial charge in [0, 0.05) is 11.1 Å². The van der Waals surface area contributed by atoms with Crippen LogP contribution in [0.5, 0.6) is 23.0 Å². The van der Waals surface area contributed by atoms with E-state index in [1.165, 1.54) is 0 Å². The van der Waals surface area contributed by atoms with Gasteiger partial charge in [0.25, 0.3) is 11.8 Å². The summed E-state index contributed by atoms with van der Waals surface area (Å²) in [7, 11) is 0. The summed E-state index contributed by atoms with van der Waals surface area (Å²) < 4.78 is 164. The molecule has 3 aromatic rings. The van der Waals surface area contributed by atoms with Gasteiger partial charge >= 0.3 is 31.0 Å². The molecule has 0 bridgehead atoms. The minimum atomic E-state index is -6.71. The third-order valence-corrected chi connectivity index (χ3v) is 5.59. The highest BCUT2D eigenvalue weighted by atomic mass is 19.4. The van der Waals surface area contributed by atoms with Gasteiger partial charge in [-0.1, -0.05) is 6.07 Å². The fourth-order valence-electron chi connectivity index (χ4n) is 3.61. The number of aromatic hydroxyl groups is 2. The van der Waals surface area contributed by atoms with E-state index in [-0.39, 0.29) is 5.56 Å². The first-order valence-electron chi connectivity index (χ1n) is 11.5. The highest BCUT2D eigenvalue weighted by Crippen LogP contribution is 2.55. The van der Waals surface area contributed by atoms with Crippen LogP contribution in [-0.2, 0) is 5.67 Å². The van der Waals surface area contributed by atoms with Crippen molar-refractivity contribution in [3.05, 3.63) is 71.3 Å². The van der Waals surface area contributed by atoms with Crippen LogP contribution in [-0.4, -0.2) is 47.4 Å². The van der Waals surface area contributed by atoms with Gasteiger partial charge in [-0.3, -0.25) is 9.59 Å². The number of amides is 2. The monoisotopic (exact) mass is 666 g/mol. The Hall–Kier alpha value is -5.04. The van der Waals surface area contributed by atoms with Crippen molar-refractivity contribution >= 4 is 23.2 Å². The molecule has 45 heavy (non-hydrogen) atoms. The molecule has 0 saturated heterocycles. The molecule has 0 spiro atoms. The number of hydrogen-bond acceptors (Lipinski definition) is 6. The smallest absolute Gasteiger partial charge is 0.506 e. The number of benzene rings is 3. The molecule has 0 aliphatic carbocycles. The van der Waals surface area contributed by atoms with Crippen LogP contribution < -0.4 is 20.1 Å². The molecule has 3 rings (SSSR count). The van der Waals surface area contributed by atoms with Crippen molar-refractivity contribution in [1.29, 1.82) is 0 Å². The SMILES string of the molecule is O=C(Nc1cccc(C(=O)Nc2c(O)cc(C(F)(C(F)(F)F)C(F)(F)F)cc2OC(F)F)c1O)c1ccc(OC(F)(F)F)cc1. The summed E-state index contributed by atoms with van der Waals surface area (Å²) in [5.41, 5.74) is -11.6. The average molecular weight is 666 g/mol. The largest absolute Gasteiger partial charge is 0.573 e. The lowest BCUT2D eigenvalue weighted by Gasteiger charge is -2.31. The molecule has 0 saturated carbocycles. The summed E-state index contributed by atoms with van der Waals surface area (Å²) in [6.07, 6.45) is -18.4. The van der Waals surface area contributed by atoms with Gasteiger partial charge in [-0.05, 0) is 48.5 Å². The molecule has 2 amide bonds. The summed E-state index contributed by atoms with van der Waals surface area (Å²) in [5.74, 6) is -7.91. The number of alkyl halides is 12. The fourth-order valence-corrected chi connectivity index (χ4v) is 3.61. The van der Waals surface area contributed by atoms with Gasteiger partial charge in [0.05, 0.1) is 11.3 Å². The van der Waals surface area contributed by atoms with E-state index in [1.807, 2.05) is 0 Å². The molecule has 0 radical (unpaired) electrons. The van der Waals surface area contributed by atoms with Crippen molar-refractivity contribution in [2.45, 2.75) is 31.0 Å². The van der Waals surface area contributed by atoms with Crippen LogP contribution in [0.25, 0.3) is 0 Å². The number of para-hydroxylation sites is 1. The van der Waals surface area contributed by atoms with E-state index in [2.05, 4.69) is 14.8 Å². The third-order valence-electron chi connectivity index (χ3n) is 5.59. The van der Waals surface area contributed by atoms with Gasteiger partial charge in [0.2, 0.25) is 0 Å². The highest BCUT2D eigenvalue weighted by Gasteiger charge is 2.73. The van der Waals surface area contributed by atoms with Crippen LogP contribution in [0.4, 0.5) is 64.1 Å². The molecule has 8 nitrogen and oxygen atoms in total. The standard InChI is InChI=1S/C25H14F12N2O6/c26-21(27)44-16-9-11(22(28,23(29,30)31)24(32,33)34)8-15(40)17(16)39-20(43)13-2-1-3-14(18(13)41)38-19(42)10-4-6-12(7-5-10)45-25(35,36)37/h1-9,21,40-41H,(H,38,42)(H,39,43). The third kappa shape index (κ3) is 7.55. The van der Waals surface area contributed by atoms with E-state index in [1.54, 1.807) is 5.32 Å².